The predicted octanol–water partition coefficient (Wildman–Crippen LogP) is 1.10. The van der Waals surface area contributed by atoms with E-state index in [1.54, 1.807) is 6.07 Å². The van der Waals surface area contributed by atoms with Crippen molar-refractivity contribution in [2.24, 2.45) is 11.8 Å². The Labute approximate surface area is 111 Å². The van der Waals surface area contributed by atoms with Gasteiger partial charge in [0, 0.05) is 6.54 Å². The lowest BCUT2D eigenvalue weighted by atomic mass is 9.79. The topological polar surface area (TPSA) is 92.2 Å². The van der Waals surface area contributed by atoms with Gasteiger partial charge in [-0.2, -0.15) is 10.2 Å². The Balaban J connectivity index is 1.90. The molecule has 0 aliphatic heterocycles. The Bertz CT molecular complexity index is 450. The molecule has 19 heavy (non-hydrogen) atoms. The lowest BCUT2D eigenvalue weighted by Crippen LogP contribution is -2.37. The number of nitrogens with zero attached hydrogens (tertiary/aromatic N) is 2. The number of hydrogen-bond acceptors (Lipinski definition) is 4. The van der Waals surface area contributed by atoms with Gasteiger partial charge in [-0.15, -0.1) is 0 Å². The van der Waals surface area contributed by atoms with E-state index in [0.717, 1.165) is 19.3 Å². The standard InChI is InChI=1S/C13H17N3O3/c17-12(10-5-6-15-16-8-10)14-7-9-3-1-2-4-11(9)13(18)19/h5-6,8-9,11H,1-4,7H2,(H,14,17)(H,18,19). The summed E-state index contributed by atoms with van der Waals surface area (Å²) in [5, 5.41) is 19.2. The van der Waals surface area contributed by atoms with E-state index in [0.29, 0.717) is 18.5 Å². The van der Waals surface area contributed by atoms with Gasteiger partial charge in [-0.05, 0) is 24.8 Å². The molecule has 6 nitrogen and oxygen atoms in total. The molecule has 2 N–H and O–H groups in total. The average molecular weight is 263 g/mol. The van der Waals surface area contributed by atoms with Crippen molar-refractivity contribution >= 4 is 11.9 Å². The maximum atomic E-state index is 11.8. The van der Waals surface area contributed by atoms with E-state index in [1.165, 1.54) is 12.4 Å². The van der Waals surface area contributed by atoms with E-state index in [1.807, 2.05) is 0 Å². The van der Waals surface area contributed by atoms with Crippen LogP contribution in [-0.2, 0) is 4.79 Å². The largest absolute Gasteiger partial charge is 0.481 e. The first-order chi connectivity index (χ1) is 9.18. The Morgan fingerprint density at radius 3 is 2.79 bits per heavy atom. The number of aromatic nitrogens is 2. The maximum absolute atomic E-state index is 11.8. The Hall–Kier alpha value is -1.98. The minimum atomic E-state index is -0.760. The second-order valence-corrected chi connectivity index (χ2v) is 4.83. The van der Waals surface area contributed by atoms with Crippen LogP contribution in [0, 0.1) is 11.8 Å². The molecule has 1 aromatic heterocycles. The molecule has 2 atom stereocenters. The lowest BCUT2D eigenvalue weighted by molar-refractivity contribution is -0.144. The molecule has 0 bridgehead atoms. The van der Waals surface area contributed by atoms with Crippen LogP contribution in [-0.4, -0.2) is 33.7 Å². The number of amides is 1. The molecule has 2 unspecified atom stereocenters. The number of carboxylic acids is 1. The SMILES string of the molecule is O=C(NCC1CCCCC1C(=O)O)c1ccnnc1. The molecule has 0 radical (unpaired) electrons. The van der Waals surface area contributed by atoms with Crippen molar-refractivity contribution in [2.75, 3.05) is 6.54 Å². The van der Waals surface area contributed by atoms with Crippen LogP contribution in [0.25, 0.3) is 0 Å². The molecule has 0 aromatic carbocycles. The fourth-order valence-corrected chi connectivity index (χ4v) is 2.53. The average Bonchev–Trinajstić information content (AvgIpc) is 2.46. The van der Waals surface area contributed by atoms with E-state index in [4.69, 9.17) is 5.11 Å². The summed E-state index contributed by atoms with van der Waals surface area (Å²) in [6.45, 7) is 0.401. The fraction of sp³-hybridized carbons (Fsp3) is 0.538. The summed E-state index contributed by atoms with van der Waals surface area (Å²) in [5.41, 5.74) is 0.442. The van der Waals surface area contributed by atoms with E-state index < -0.39 is 5.97 Å². The Morgan fingerprint density at radius 2 is 2.11 bits per heavy atom. The van der Waals surface area contributed by atoms with E-state index in [-0.39, 0.29) is 17.7 Å². The van der Waals surface area contributed by atoms with Gasteiger partial charge in [0.1, 0.15) is 0 Å². The van der Waals surface area contributed by atoms with Crippen LogP contribution in [0.2, 0.25) is 0 Å². The van der Waals surface area contributed by atoms with Crippen molar-refractivity contribution < 1.29 is 14.7 Å². The summed E-state index contributed by atoms with van der Waals surface area (Å²) >= 11 is 0. The van der Waals surface area contributed by atoms with Crippen LogP contribution in [0.4, 0.5) is 0 Å². The summed E-state index contributed by atoms with van der Waals surface area (Å²) in [4.78, 5) is 23.0. The molecule has 1 heterocycles. The van der Waals surface area contributed by atoms with Gasteiger partial charge in [0.05, 0.1) is 23.9 Å². The maximum Gasteiger partial charge on any atom is 0.306 e. The summed E-state index contributed by atoms with van der Waals surface area (Å²) in [6.07, 6.45) is 6.38. The minimum absolute atomic E-state index is 0.0185. The molecule has 0 spiro atoms. The third-order valence-electron chi connectivity index (χ3n) is 3.60. The number of carbonyl (C=O) groups is 2. The van der Waals surface area contributed by atoms with Crippen molar-refractivity contribution in [1.29, 1.82) is 0 Å². The molecule has 1 amide bonds. The highest BCUT2D eigenvalue weighted by Gasteiger charge is 2.30. The zero-order chi connectivity index (χ0) is 13.7. The fourth-order valence-electron chi connectivity index (χ4n) is 2.53. The summed E-state index contributed by atoms with van der Waals surface area (Å²) < 4.78 is 0. The second kappa shape index (κ2) is 6.26. The second-order valence-electron chi connectivity index (χ2n) is 4.83. The predicted molar refractivity (Wildman–Crippen MR) is 67.4 cm³/mol. The normalized spacial score (nSPS) is 22.7. The third-order valence-corrected chi connectivity index (χ3v) is 3.60. The number of carboxylic acid groups (broad SMARTS) is 1. The Kier molecular flexibility index (Phi) is 4.43. The van der Waals surface area contributed by atoms with Gasteiger partial charge in [-0.1, -0.05) is 12.8 Å². The lowest BCUT2D eigenvalue weighted by Gasteiger charge is -2.28. The number of rotatable bonds is 4. The van der Waals surface area contributed by atoms with Gasteiger partial charge in [0.15, 0.2) is 0 Å². The zero-order valence-corrected chi connectivity index (χ0v) is 10.6. The molecule has 1 fully saturated rings. The monoisotopic (exact) mass is 263 g/mol. The number of aliphatic carboxylic acids is 1. The van der Waals surface area contributed by atoms with Crippen molar-refractivity contribution in [3.8, 4) is 0 Å². The molecule has 1 aliphatic carbocycles. The van der Waals surface area contributed by atoms with Crippen LogP contribution in [0.5, 0.6) is 0 Å². The Morgan fingerprint density at radius 1 is 1.32 bits per heavy atom. The number of nitrogens with one attached hydrogen (secondary N) is 1. The highest BCUT2D eigenvalue weighted by Crippen LogP contribution is 2.29. The zero-order valence-electron chi connectivity index (χ0n) is 10.6. The molecule has 0 saturated heterocycles. The van der Waals surface area contributed by atoms with Crippen molar-refractivity contribution in [3.05, 3.63) is 24.0 Å². The first-order valence-corrected chi connectivity index (χ1v) is 6.46. The molecule has 102 valence electrons. The first kappa shape index (κ1) is 13.5. The number of carbonyl (C=O) groups excluding carboxylic acids is 1. The molecular weight excluding hydrogens is 246 g/mol. The molecule has 1 aliphatic rings. The van der Waals surface area contributed by atoms with Crippen LogP contribution in [0.1, 0.15) is 36.0 Å². The van der Waals surface area contributed by atoms with Gasteiger partial charge in [-0.3, -0.25) is 9.59 Å². The smallest absolute Gasteiger partial charge is 0.306 e. The first-order valence-electron chi connectivity index (χ1n) is 6.46. The van der Waals surface area contributed by atoms with Gasteiger partial charge in [0.25, 0.3) is 5.91 Å². The van der Waals surface area contributed by atoms with E-state index in [2.05, 4.69) is 15.5 Å². The summed E-state index contributed by atoms with van der Waals surface area (Å²) in [7, 11) is 0. The van der Waals surface area contributed by atoms with Crippen molar-refractivity contribution in [2.45, 2.75) is 25.7 Å². The molecule has 1 saturated carbocycles. The molecule has 2 rings (SSSR count). The summed E-state index contributed by atoms with van der Waals surface area (Å²) in [6, 6.07) is 1.58. The van der Waals surface area contributed by atoms with E-state index in [9.17, 15) is 9.59 Å². The van der Waals surface area contributed by atoms with Crippen LogP contribution in [0.3, 0.4) is 0 Å². The van der Waals surface area contributed by atoms with Crippen LogP contribution < -0.4 is 5.32 Å². The van der Waals surface area contributed by atoms with Gasteiger partial charge in [0.2, 0.25) is 0 Å². The minimum Gasteiger partial charge on any atom is -0.481 e. The van der Waals surface area contributed by atoms with Crippen molar-refractivity contribution in [1.82, 2.24) is 15.5 Å². The van der Waals surface area contributed by atoms with Gasteiger partial charge < -0.3 is 10.4 Å². The summed E-state index contributed by atoms with van der Waals surface area (Å²) in [5.74, 6) is -1.32. The van der Waals surface area contributed by atoms with E-state index >= 15 is 0 Å². The van der Waals surface area contributed by atoms with Gasteiger partial charge >= 0.3 is 5.97 Å². The quantitative estimate of drug-likeness (QED) is 0.848. The molecular formula is C13H17N3O3. The molecule has 1 aromatic rings. The van der Waals surface area contributed by atoms with Crippen LogP contribution >= 0.6 is 0 Å². The molecule has 6 heteroatoms. The van der Waals surface area contributed by atoms with Crippen molar-refractivity contribution in [3.63, 3.8) is 0 Å². The highest BCUT2D eigenvalue weighted by molar-refractivity contribution is 5.93. The van der Waals surface area contributed by atoms with Gasteiger partial charge in [-0.25, -0.2) is 0 Å². The van der Waals surface area contributed by atoms with Crippen LogP contribution in [0.15, 0.2) is 18.5 Å². The highest BCUT2D eigenvalue weighted by atomic mass is 16.4. The number of hydrogen-bond donors (Lipinski definition) is 2. The third kappa shape index (κ3) is 3.49.